The molecule has 5 nitrogen and oxygen atoms in total. The van der Waals surface area contributed by atoms with Gasteiger partial charge < -0.3 is 5.73 Å². The molecule has 0 atom stereocenters. The van der Waals surface area contributed by atoms with Crippen molar-refractivity contribution >= 4 is 11.3 Å². The van der Waals surface area contributed by atoms with E-state index < -0.39 is 11.7 Å². The molecule has 0 saturated heterocycles. The van der Waals surface area contributed by atoms with E-state index in [1.807, 2.05) is 6.92 Å². The average Bonchev–Trinajstić information content (AvgIpc) is 3.14. The van der Waals surface area contributed by atoms with Crippen LogP contribution in [0.4, 0.5) is 13.2 Å². The Kier molecular flexibility index (Phi) is 4.87. The van der Waals surface area contributed by atoms with Crippen LogP contribution in [-0.2, 0) is 19.0 Å². The van der Waals surface area contributed by atoms with Gasteiger partial charge in [-0.3, -0.25) is 5.10 Å². The Morgan fingerprint density at radius 2 is 1.88 bits per heavy atom. The SMILES string of the molecule is Cc1nc(CCN)sc1-c1n[nH]c(Cc2ccc(C(F)(F)F)cc2)n1. The van der Waals surface area contributed by atoms with E-state index in [9.17, 15) is 13.2 Å². The molecule has 1 aromatic carbocycles. The number of alkyl halides is 3. The first-order chi connectivity index (χ1) is 11.9. The van der Waals surface area contributed by atoms with Crippen LogP contribution in [0.2, 0.25) is 0 Å². The number of hydrogen-bond acceptors (Lipinski definition) is 5. The second-order valence-electron chi connectivity index (χ2n) is 5.54. The van der Waals surface area contributed by atoms with E-state index in [1.54, 1.807) is 0 Å². The maximum Gasteiger partial charge on any atom is 0.416 e. The number of halogens is 3. The molecule has 0 saturated carbocycles. The molecule has 9 heteroatoms. The van der Waals surface area contributed by atoms with Gasteiger partial charge >= 0.3 is 6.18 Å². The van der Waals surface area contributed by atoms with Crippen LogP contribution in [0.5, 0.6) is 0 Å². The molecule has 3 rings (SSSR count). The van der Waals surface area contributed by atoms with E-state index in [0.29, 0.717) is 31.0 Å². The lowest BCUT2D eigenvalue weighted by molar-refractivity contribution is -0.137. The molecule has 0 amide bonds. The van der Waals surface area contributed by atoms with Crippen molar-refractivity contribution in [2.24, 2.45) is 5.73 Å². The van der Waals surface area contributed by atoms with Gasteiger partial charge in [-0.15, -0.1) is 11.3 Å². The predicted molar refractivity (Wildman–Crippen MR) is 89.2 cm³/mol. The van der Waals surface area contributed by atoms with E-state index in [2.05, 4.69) is 20.2 Å². The smallest absolute Gasteiger partial charge is 0.330 e. The summed E-state index contributed by atoms with van der Waals surface area (Å²) < 4.78 is 37.8. The van der Waals surface area contributed by atoms with Gasteiger partial charge in [0, 0.05) is 12.8 Å². The molecule has 3 aromatic rings. The van der Waals surface area contributed by atoms with Crippen molar-refractivity contribution < 1.29 is 13.2 Å². The Morgan fingerprint density at radius 1 is 1.16 bits per heavy atom. The zero-order valence-corrected chi connectivity index (χ0v) is 14.2. The quantitative estimate of drug-likeness (QED) is 0.725. The first kappa shape index (κ1) is 17.6. The standard InChI is InChI=1S/C16H16F3N5S/c1-9-14(25-13(21-9)6-7-20)15-22-12(23-24-15)8-10-2-4-11(5-3-10)16(17,18)19/h2-5H,6-8,20H2,1H3,(H,22,23,24). The maximum atomic E-state index is 12.6. The van der Waals surface area contributed by atoms with Gasteiger partial charge in [-0.25, -0.2) is 9.97 Å². The maximum absolute atomic E-state index is 12.6. The van der Waals surface area contributed by atoms with Gasteiger partial charge in [0.2, 0.25) is 0 Å². The van der Waals surface area contributed by atoms with Gasteiger partial charge in [0.1, 0.15) is 5.82 Å². The second-order valence-corrected chi connectivity index (χ2v) is 6.62. The largest absolute Gasteiger partial charge is 0.416 e. The fourth-order valence-corrected chi connectivity index (χ4v) is 3.39. The van der Waals surface area contributed by atoms with Crippen molar-refractivity contribution in [3.8, 4) is 10.7 Å². The van der Waals surface area contributed by atoms with Crippen LogP contribution < -0.4 is 5.73 Å². The third-order valence-corrected chi connectivity index (χ3v) is 4.80. The molecule has 0 fully saturated rings. The summed E-state index contributed by atoms with van der Waals surface area (Å²) in [6.45, 7) is 2.41. The number of benzene rings is 1. The Bertz CT molecular complexity index is 852. The van der Waals surface area contributed by atoms with Gasteiger partial charge in [0.25, 0.3) is 0 Å². The summed E-state index contributed by atoms with van der Waals surface area (Å²) in [5.74, 6) is 1.13. The van der Waals surface area contributed by atoms with Crippen LogP contribution in [-0.4, -0.2) is 26.7 Å². The zero-order chi connectivity index (χ0) is 18.0. The predicted octanol–water partition coefficient (Wildman–Crippen LogP) is 3.35. The summed E-state index contributed by atoms with van der Waals surface area (Å²) in [4.78, 5) is 9.75. The minimum Gasteiger partial charge on any atom is -0.330 e. The molecule has 0 bridgehead atoms. The van der Waals surface area contributed by atoms with Crippen LogP contribution in [0.25, 0.3) is 10.7 Å². The zero-order valence-electron chi connectivity index (χ0n) is 13.4. The summed E-state index contributed by atoms with van der Waals surface area (Å²) in [5, 5.41) is 7.97. The van der Waals surface area contributed by atoms with Gasteiger partial charge in [0.15, 0.2) is 5.82 Å². The van der Waals surface area contributed by atoms with Crippen molar-refractivity contribution in [2.75, 3.05) is 6.54 Å². The van der Waals surface area contributed by atoms with Crippen LogP contribution in [0.15, 0.2) is 24.3 Å². The average molecular weight is 367 g/mol. The Morgan fingerprint density at radius 3 is 2.52 bits per heavy atom. The summed E-state index contributed by atoms with van der Waals surface area (Å²) in [7, 11) is 0. The Hall–Kier alpha value is -2.26. The van der Waals surface area contributed by atoms with Crippen LogP contribution in [0.1, 0.15) is 27.7 Å². The molecule has 0 radical (unpaired) electrons. The first-order valence-corrected chi connectivity index (χ1v) is 8.42. The number of rotatable bonds is 5. The normalized spacial score (nSPS) is 11.9. The number of hydrogen-bond donors (Lipinski definition) is 2. The molecule has 132 valence electrons. The highest BCUT2D eigenvalue weighted by Crippen LogP contribution is 2.30. The number of thiazole rings is 1. The fourth-order valence-electron chi connectivity index (χ4n) is 2.37. The van der Waals surface area contributed by atoms with Crippen molar-refractivity contribution in [3.05, 3.63) is 51.9 Å². The monoisotopic (exact) mass is 367 g/mol. The van der Waals surface area contributed by atoms with Crippen molar-refractivity contribution in [1.82, 2.24) is 20.2 Å². The fraction of sp³-hybridized carbons (Fsp3) is 0.312. The lowest BCUT2D eigenvalue weighted by Crippen LogP contribution is -2.04. The highest BCUT2D eigenvalue weighted by molar-refractivity contribution is 7.15. The first-order valence-electron chi connectivity index (χ1n) is 7.61. The highest BCUT2D eigenvalue weighted by Gasteiger charge is 2.29. The topological polar surface area (TPSA) is 80.5 Å². The summed E-state index contributed by atoms with van der Waals surface area (Å²) in [5.41, 5.74) is 6.44. The minimum atomic E-state index is -4.33. The van der Waals surface area contributed by atoms with E-state index in [0.717, 1.165) is 33.3 Å². The van der Waals surface area contributed by atoms with E-state index in [4.69, 9.17) is 5.73 Å². The number of nitrogens with two attached hydrogens (primary N) is 1. The summed E-state index contributed by atoms with van der Waals surface area (Å²) in [6.07, 6.45) is -3.25. The van der Waals surface area contributed by atoms with E-state index in [1.165, 1.54) is 23.5 Å². The third kappa shape index (κ3) is 4.05. The number of nitrogens with zero attached hydrogens (tertiary/aromatic N) is 3. The molecular formula is C16H16F3N5S. The molecular weight excluding hydrogens is 351 g/mol. The van der Waals surface area contributed by atoms with E-state index in [-0.39, 0.29) is 0 Å². The molecule has 0 spiro atoms. The number of aromatic amines is 1. The van der Waals surface area contributed by atoms with E-state index >= 15 is 0 Å². The third-order valence-electron chi connectivity index (χ3n) is 3.59. The van der Waals surface area contributed by atoms with Crippen molar-refractivity contribution in [1.29, 1.82) is 0 Å². The number of nitrogens with one attached hydrogen (secondary N) is 1. The van der Waals surface area contributed by atoms with Crippen LogP contribution in [0, 0.1) is 6.92 Å². The molecule has 3 N–H and O–H groups in total. The minimum absolute atomic E-state index is 0.374. The van der Waals surface area contributed by atoms with Gasteiger partial charge in [0.05, 0.1) is 21.1 Å². The highest BCUT2D eigenvalue weighted by atomic mass is 32.1. The van der Waals surface area contributed by atoms with Crippen molar-refractivity contribution in [2.45, 2.75) is 25.9 Å². The number of aromatic nitrogens is 4. The number of H-pyrrole nitrogens is 1. The molecule has 0 aliphatic carbocycles. The lowest BCUT2D eigenvalue weighted by atomic mass is 10.1. The second kappa shape index (κ2) is 6.93. The summed E-state index contributed by atoms with van der Waals surface area (Å²) >= 11 is 1.50. The molecule has 0 aliphatic heterocycles. The molecule has 2 heterocycles. The molecule has 0 unspecified atom stereocenters. The van der Waals surface area contributed by atoms with Gasteiger partial charge in [-0.2, -0.15) is 18.3 Å². The van der Waals surface area contributed by atoms with Crippen LogP contribution in [0.3, 0.4) is 0 Å². The lowest BCUT2D eigenvalue weighted by Gasteiger charge is -2.06. The number of aryl methyl sites for hydroxylation is 1. The van der Waals surface area contributed by atoms with Crippen LogP contribution >= 0.6 is 11.3 Å². The Labute approximate surface area is 146 Å². The molecule has 2 aromatic heterocycles. The molecule has 25 heavy (non-hydrogen) atoms. The summed E-state index contributed by atoms with van der Waals surface area (Å²) in [6, 6.07) is 5.03. The van der Waals surface area contributed by atoms with Gasteiger partial charge in [-0.05, 0) is 31.2 Å². The van der Waals surface area contributed by atoms with Crippen molar-refractivity contribution in [3.63, 3.8) is 0 Å². The molecule has 0 aliphatic rings. The van der Waals surface area contributed by atoms with Gasteiger partial charge in [-0.1, -0.05) is 12.1 Å². The Balaban J connectivity index is 1.76.